The van der Waals surface area contributed by atoms with Crippen LogP contribution < -0.4 is 32.3 Å². The fraction of sp³-hybridized carbons (Fsp3) is 0.553. The van der Waals surface area contributed by atoms with Crippen LogP contribution in [0.5, 0.6) is 0 Å². The number of hydrogen-bond acceptors (Lipinski definition) is 15. The van der Waals surface area contributed by atoms with Crippen molar-refractivity contribution >= 4 is 97.7 Å². The van der Waals surface area contributed by atoms with Crippen LogP contribution in [-0.4, -0.2) is 151 Å². The number of amides is 5. The number of fused-ring (bicyclic) bond motifs is 1. The first-order chi connectivity index (χ1) is 29.6. The molecule has 0 saturated carbocycles. The molecule has 1 aromatic carbocycles. The number of hydrogen-bond donors (Lipinski definition) is 9. The molecule has 340 valence electrons. The predicted molar refractivity (Wildman–Crippen MR) is 232 cm³/mol. The lowest BCUT2D eigenvalue weighted by Gasteiger charge is -2.23. The second kappa shape index (κ2) is 26.7. The van der Waals surface area contributed by atoms with Gasteiger partial charge in [0.15, 0.2) is 12.0 Å². The van der Waals surface area contributed by atoms with Crippen molar-refractivity contribution in [3.63, 3.8) is 0 Å². The molecule has 0 fully saturated rings. The second-order valence-corrected chi connectivity index (χ2v) is 15.9. The van der Waals surface area contributed by atoms with Crippen LogP contribution >= 0.6 is 23.1 Å². The third-order valence-electron chi connectivity index (χ3n) is 9.08. The van der Waals surface area contributed by atoms with Crippen LogP contribution in [0.25, 0.3) is 10.2 Å². The van der Waals surface area contributed by atoms with Crippen molar-refractivity contribution in [3.05, 3.63) is 23.2 Å². The Morgan fingerprint density at radius 3 is 2.40 bits per heavy atom. The van der Waals surface area contributed by atoms with Crippen LogP contribution in [0.3, 0.4) is 0 Å². The van der Waals surface area contributed by atoms with Gasteiger partial charge >= 0.3 is 11.9 Å². The van der Waals surface area contributed by atoms with Crippen molar-refractivity contribution < 1.29 is 58.0 Å². The van der Waals surface area contributed by atoms with E-state index < -0.39 is 78.5 Å². The standard InChI is InChI=1S/C38H54N10O12S2/c1-4-21(2)23(17-42-30(50)19-60-15-14-59-13-12-58-3)32(53)46-26(9-10-31(51)52)33(54)43-18-29(49)45-25(6-5-11-41-38(39)40)34(55)44-22-7-8-24-28(16-22)62-36(47-24)35-48-27(20-61-35)37(56)57/h7-8,16-17,21,23,25-27H,4-6,9-15,18-20H2,1-3H3,(H,43,54)(H,44,55)(H,45,49)(H,46,53)(H,51,52)(H,56,57)(H4,39,40,41)/b42-17-/t21-,23?,25-,26-,27+/m0/s1. The van der Waals surface area contributed by atoms with Crippen molar-refractivity contribution in [2.24, 2.45) is 27.6 Å². The third-order valence-corrected chi connectivity index (χ3v) is 11.3. The number of thiazole rings is 1. The molecule has 1 aliphatic rings. The number of carbonyl (C=O) groups excluding carboxylic acids is 5. The Morgan fingerprint density at radius 2 is 1.73 bits per heavy atom. The first kappa shape index (κ1) is 50.8. The first-order valence-electron chi connectivity index (χ1n) is 19.7. The molecule has 22 nitrogen and oxygen atoms in total. The number of anilines is 1. The van der Waals surface area contributed by atoms with Gasteiger partial charge in [-0.15, -0.1) is 23.1 Å². The maximum Gasteiger partial charge on any atom is 0.329 e. The fourth-order valence-electron chi connectivity index (χ4n) is 5.53. The molecule has 0 spiro atoms. The van der Waals surface area contributed by atoms with Gasteiger partial charge in [-0.3, -0.25) is 39.2 Å². The van der Waals surface area contributed by atoms with Crippen LogP contribution in [-0.2, 0) is 47.8 Å². The number of nitrogens with zero attached hydrogens (tertiary/aromatic N) is 3. The molecule has 1 aromatic heterocycles. The molecule has 5 amide bonds. The summed E-state index contributed by atoms with van der Waals surface area (Å²) in [5.41, 5.74) is 6.36. The molecule has 2 heterocycles. The Labute approximate surface area is 365 Å². The zero-order chi connectivity index (χ0) is 45.6. The van der Waals surface area contributed by atoms with E-state index in [9.17, 15) is 43.8 Å². The number of aromatic nitrogens is 1. The van der Waals surface area contributed by atoms with Crippen molar-refractivity contribution in [1.29, 1.82) is 5.41 Å². The van der Waals surface area contributed by atoms with E-state index in [1.54, 1.807) is 25.1 Å². The van der Waals surface area contributed by atoms with Gasteiger partial charge in [0.25, 0.3) is 5.91 Å². The van der Waals surface area contributed by atoms with E-state index in [1.165, 1.54) is 30.2 Å². The molecule has 3 rings (SSSR count). The second-order valence-electron chi connectivity index (χ2n) is 13.8. The Kier molecular flexibility index (Phi) is 21.9. The number of aliphatic carboxylic acids is 2. The number of carbonyl (C=O) groups is 7. The number of thioether (sulfide) groups is 1. The average molecular weight is 907 g/mol. The summed E-state index contributed by atoms with van der Waals surface area (Å²) in [5, 5.41) is 40.0. The normalized spacial score (nSPS) is 15.5. The van der Waals surface area contributed by atoms with Crippen LogP contribution in [0.1, 0.15) is 51.0 Å². The lowest BCUT2D eigenvalue weighted by atomic mass is 9.91. The van der Waals surface area contributed by atoms with Crippen LogP contribution in [0.15, 0.2) is 28.2 Å². The van der Waals surface area contributed by atoms with E-state index in [1.807, 2.05) is 6.92 Å². The molecule has 1 unspecified atom stereocenters. The maximum absolute atomic E-state index is 13.6. The number of nitrogens with one attached hydrogen (secondary N) is 6. The molecule has 0 radical (unpaired) electrons. The highest BCUT2D eigenvalue weighted by Crippen LogP contribution is 2.31. The molecule has 62 heavy (non-hydrogen) atoms. The summed E-state index contributed by atoms with van der Waals surface area (Å²) in [6, 6.07) is 1.60. The summed E-state index contributed by atoms with van der Waals surface area (Å²) in [7, 11) is 1.54. The smallest absolute Gasteiger partial charge is 0.329 e. The topological polar surface area (TPSA) is 335 Å². The summed E-state index contributed by atoms with van der Waals surface area (Å²) in [5.74, 6) is -7.14. The highest BCUT2D eigenvalue weighted by atomic mass is 32.2. The van der Waals surface area contributed by atoms with Crippen molar-refractivity contribution in [2.45, 2.75) is 64.1 Å². The third kappa shape index (κ3) is 17.8. The Bertz CT molecular complexity index is 1960. The van der Waals surface area contributed by atoms with Gasteiger partial charge in [0.05, 0.1) is 49.1 Å². The predicted octanol–water partition coefficient (Wildman–Crippen LogP) is 0.335. The summed E-state index contributed by atoms with van der Waals surface area (Å²) in [6.45, 7) is 3.92. The number of guanidine groups is 1. The summed E-state index contributed by atoms with van der Waals surface area (Å²) in [4.78, 5) is 101. The molecule has 5 atom stereocenters. The van der Waals surface area contributed by atoms with E-state index in [0.717, 1.165) is 6.21 Å². The number of aliphatic imine (C=N–C) groups is 2. The van der Waals surface area contributed by atoms with Gasteiger partial charge in [0.2, 0.25) is 23.6 Å². The lowest BCUT2D eigenvalue weighted by molar-refractivity contribution is -0.139. The molecule has 0 saturated heterocycles. The first-order valence-corrected chi connectivity index (χ1v) is 21.5. The number of carboxylic acids is 2. The van der Waals surface area contributed by atoms with E-state index in [0.29, 0.717) is 57.8 Å². The zero-order valence-electron chi connectivity index (χ0n) is 34.6. The van der Waals surface area contributed by atoms with Crippen molar-refractivity contribution in [1.82, 2.24) is 26.3 Å². The Balaban J connectivity index is 1.65. The quantitative estimate of drug-likeness (QED) is 0.0316. The molecular formula is C38H54N10O12S2. The van der Waals surface area contributed by atoms with Crippen molar-refractivity contribution in [2.75, 3.05) is 64.3 Å². The molecular weight excluding hydrogens is 853 g/mol. The fourth-order valence-corrected chi connectivity index (χ4v) is 7.63. The minimum absolute atomic E-state index is 0.0916. The van der Waals surface area contributed by atoms with Crippen LogP contribution in [0, 0.1) is 17.2 Å². The van der Waals surface area contributed by atoms with Crippen LogP contribution in [0.2, 0.25) is 0 Å². The van der Waals surface area contributed by atoms with E-state index in [4.69, 9.17) is 25.4 Å². The number of benzene rings is 1. The lowest BCUT2D eigenvalue weighted by Crippen LogP contribution is -2.52. The van der Waals surface area contributed by atoms with Gasteiger partial charge < -0.3 is 56.7 Å². The van der Waals surface area contributed by atoms with E-state index in [-0.39, 0.29) is 51.1 Å². The number of carboxylic acid groups (broad SMARTS) is 2. The summed E-state index contributed by atoms with van der Waals surface area (Å²) < 4.78 is 16.1. The molecule has 0 aliphatic carbocycles. The maximum atomic E-state index is 13.6. The van der Waals surface area contributed by atoms with Gasteiger partial charge in [-0.2, -0.15) is 0 Å². The van der Waals surface area contributed by atoms with E-state index >= 15 is 0 Å². The Morgan fingerprint density at radius 1 is 1.00 bits per heavy atom. The number of ether oxygens (including phenoxy) is 3. The van der Waals surface area contributed by atoms with Gasteiger partial charge in [0.1, 0.15) is 28.7 Å². The highest BCUT2D eigenvalue weighted by molar-refractivity contribution is 8.15. The van der Waals surface area contributed by atoms with Gasteiger partial charge in [-0.1, -0.05) is 20.3 Å². The molecule has 24 heteroatoms. The number of rotatable bonds is 28. The van der Waals surface area contributed by atoms with Crippen molar-refractivity contribution in [3.8, 4) is 0 Å². The zero-order valence-corrected chi connectivity index (χ0v) is 36.2. The average Bonchev–Trinajstić information content (AvgIpc) is 3.90. The molecule has 1 aliphatic heterocycles. The van der Waals surface area contributed by atoms with Gasteiger partial charge in [0, 0.05) is 37.7 Å². The van der Waals surface area contributed by atoms with E-state index in [2.05, 4.69) is 41.6 Å². The van der Waals surface area contributed by atoms with Gasteiger partial charge in [-0.05, 0) is 43.4 Å². The highest BCUT2D eigenvalue weighted by Gasteiger charge is 2.30. The number of nitrogens with two attached hydrogens (primary N) is 1. The number of methoxy groups -OCH3 is 1. The molecule has 0 bridgehead atoms. The van der Waals surface area contributed by atoms with Gasteiger partial charge in [-0.25, -0.2) is 14.8 Å². The summed E-state index contributed by atoms with van der Waals surface area (Å²) >= 11 is 2.57. The summed E-state index contributed by atoms with van der Waals surface area (Å²) in [6.07, 6.45) is 1.22. The van der Waals surface area contributed by atoms with Crippen LogP contribution in [0.4, 0.5) is 5.69 Å². The largest absolute Gasteiger partial charge is 0.481 e. The Hall–Kier alpha value is -5.56. The molecule has 10 N–H and O–H groups in total. The monoisotopic (exact) mass is 906 g/mol. The minimum atomic E-state index is -1.39. The molecule has 2 aromatic rings. The SMILES string of the molecule is CC[C@H](C)C(/C=N\C(=O)COCCOCCOC)C(=O)N[C@@H](CCC(=O)O)C(=O)NCC(=O)N[C@@H](CCCNC(=N)N)C(=O)Nc1ccc2nc(C3=N[C@@H](C(=O)O)CS3)sc2c1. The minimum Gasteiger partial charge on any atom is -0.481 e.